The van der Waals surface area contributed by atoms with Crippen LogP contribution in [-0.2, 0) is 4.74 Å². The highest BCUT2D eigenvalue weighted by Crippen LogP contribution is 2.49. The Bertz CT molecular complexity index is 1420. The molecule has 0 saturated carbocycles. The van der Waals surface area contributed by atoms with Gasteiger partial charge in [0, 0.05) is 18.8 Å². The van der Waals surface area contributed by atoms with Gasteiger partial charge < -0.3 is 9.64 Å². The van der Waals surface area contributed by atoms with Crippen LogP contribution < -0.4 is 9.91 Å². The standard InChI is InChI=1S/C27H23F4N5O/c1-37-24-17-35(22-8-7-20(15-21(22)28)34-14-10-18(16-34)27(29,30)31)33-25(26(24)11-12-26)23-9-13-32-36(23)19-5-3-2-4-6-19/h2-9,11-13,15,17-18H,10,14,16H2,1H3. The second kappa shape index (κ2) is 8.50. The van der Waals surface area contributed by atoms with E-state index >= 15 is 4.39 Å². The van der Waals surface area contributed by atoms with Crippen LogP contribution in [-0.4, -0.2) is 41.9 Å². The van der Waals surface area contributed by atoms with Gasteiger partial charge in [-0.25, -0.2) is 14.1 Å². The van der Waals surface area contributed by atoms with Crippen LogP contribution in [0.1, 0.15) is 12.1 Å². The number of rotatable bonds is 5. The van der Waals surface area contributed by atoms with Crippen molar-refractivity contribution in [1.29, 1.82) is 0 Å². The van der Waals surface area contributed by atoms with E-state index in [0.717, 1.165) is 11.4 Å². The van der Waals surface area contributed by atoms with Crippen LogP contribution in [0.15, 0.2) is 90.0 Å². The van der Waals surface area contributed by atoms with Crippen molar-refractivity contribution in [1.82, 2.24) is 9.78 Å². The van der Waals surface area contributed by atoms with Gasteiger partial charge in [0.25, 0.3) is 0 Å². The molecule has 0 bridgehead atoms. The summed E-state index contributed by atoms with van der Waals surface area (Å²) in [5.41, 5.74) is 2.09. The van der Waals surface area contributed by atoms with Gasteiger partial charge in [-0.2, -0.15) is 23.4 Å². The van der Waals surface area contributed by atoms with E-state index in [2.05, 4.69) is 5.10 Å². The van der Waals surface area contributed by atoms with Crippen LogP contribution in [0.25, 0.3) is 5.69 Å². The predicted molar refractivity (Wildman–Crippen MR) is 132 cm³/mol. The van der Waals surface area contributed by atoms with Crippen molar-refractivity contribution in [3.8, 4) is 5.69 Å². The van der Waals surface area contributed by atoms with Crippen molar-refractivity contribution in [3.63, 3.8) is 0 Å². The highest BCUT2D eigenvalue weighted by Gasteiger charge is 2.50. The topological polar surface area (TPSA) is 45.9 Å². The molecule has 2 aliphatic heterocycles. The lowest BCUT2D eigenvalue weighted by molar-refractivity contribution is -0.168. The van der Waals surface area contributed by atoms with Crippen molar-refractivity contribution in [2.75, 3.05) is 30.1 Å². The van der Waals surface area contributed by atoms with E-state index in [4.69, 9.17) is 9.84 Å². The molecule has 0 N–H and O–H groups in total. The molecular weight excluding hydrogens is 486 g/mol. The highest BCUT2D eigenvalue weighted by atomic mass is 19.4. The maximum atomic E-state index is 15.4. The monoisotopic (exact) mass is 509 g/mol. The number of halogens is 4. The Morgan fingerprint density at radius 2 is 1.81 bits per heavy atom. The molecule has 3 aromatic rings. The summed E-state index contributed by atoms with van der Waals surface area (Å²) in [6, 6.07) is 15.9. The van der Waals surface area contributed by atoms with E-state index in [0.29, 0.717) is 17.2 Å². The van der Waals surface area contributed by atoms with Crippen molar-refractivity contribution >= 4 is 17.1 Å². The number of aromatic nitrogens is 2. The van der Waals surface area contributed by atoms with Gasteiger partial charge in [0.2, 0.25) is 0 Å². The van der Waals surface area contributed by atoms with Crippen molar-refractivity contribution in [3.05, 3.63) is 96.4 Å². The molecular formula is C27H23F4N5O. The minimum atomic E-state index is -4.26. The number of nitrogens with zero attached hydrogens (tertiary/aromatic N) is 5. The fraction of sp³-hybridized carbons (Fsp3) is 0.259. The first-order valence-electron chi connectivity index (χ1n) is 11.9. The summed E-state index contributed by atoms with van der Waals surface area (Å²) in [6.45, 7) is 0.0417. The molecule has 3 heterocycles. The van der Waals surface area contributed by atoms with Crippen molar-refractivity contribution in [2.45, 2.75) is 12.6 Å². The Balaban J connectivity index is 1.35. The molecule has 1 fully saturated rings. The molecule has 6 nitrogen and oxygen atoms in total. The molecule has 0 radical (unpaired) electrons. The summed E-state index contributed by atoms with van der Waals surface area (Å²) in [6.07, 6.45) is 2.97. The van der Waals surface area contributed by atoms with Crippen molar-refractivity contribution < 1.29 is 22.3 Å². The lowest BCUT2D eigenvalue weighted by Gasteiger charge is -2.30. The second-order valence-corrected chi connectivity index (χ2v) is 9.27. The number of alkyl halides is 3. The molecule has 1 saturated heterocycles. The second-order valence-electron chi connectivity index (χ2n) is 9.27. The van der Waals surface area contributed by atoms with Gasteiger partial charge in [0.05, 0.1) is 36.8 Å². The summed E-state index contributed by atoms with van der Waals surface area (Å²) in [4.78, 5) is 1.56. The maximum Gasteiger partial charge on any atom is 0.393 e. The molecule has 1 aromatic heterocycles. The minimum absolute atomic E-state index is 0.00321. The molecule has 10 heteroatoms. The van der Waals surface area contributed by atoms with Crippen LogP contribution in [0.5, 0.6) is 0 Å². The van der Waals surface area contributed by atoms with Crippen LogP contribution >= 0.6 is 0 Å². The lowest BCUT2D eigenvalue weighted by atomic mass is 9.91. The highest BCUT2D eigenvalue weighted by molar-refractivity contribution is 6.12. The number of methoxy groups -OCH3 is 1. The molecule has 6 rings (SSSR count). The fourth-order valence-corrected chi connectivity index (χ4v) is 4.97. The summed E-state index contributed by atoms with van der Waals surface area (Å²) in [7, 11) is 1.55. The number of hydrazone groups is 1. The summed E-state index contributed by atoms with van der Waals surface area (Å²) in [5.74, 6) is -1.44. The van der Waals surface area contributed by atoms with E-state index in [1.807, 2.05) is 48.6 Å². The summed E-state index contributed by atoms with van der Waals surface area (Å²) in [5, 5.41) is 10.7. The Hall–Kier alpha value is -4.08. The average Bonchev–Trinajstić information content (AvgIpc) is 3.29. The average molecular weight is 510 g/mol. The van der Waals surface area contributed by atoms with Gasteiger partial charge >= 0.3 is 6.18 Å². The number of hydrogen-bond donors (Lipinski definition) is 0. The third kappa shape index (κ3) is 3.96. The molecule has 190 valence electrons. The van der Waals surface area contributed by atoms with Gasteiger partial charge in [-0.15, -0.1) is 0 Å². The third-order valence-electron chi connectivity index (χ3n) is 7.05. The normalized spacial score (nSPS) is 20.3. The molecule has 37 heavy (non-hydrogen) atoms. The van der Waals surface area contributed by atoms with Crippen LogP contribution in [0.3, 0.4) is 0 Å². The molecule has 0 amide bonds. The summed E-state index contributed by atoms with van der Waals surface area (Å²) >= 11 is 0. The number of para-hydroxylation sites is 1. The van der Waals surface area contributed by atoms with E-state index in [9.17, 15) is 13.2 Å². The van der Waals surface area contributed by atoms with E-state index in [1.165, 1.54) is 17.1 Å². The first-order chi connectivity index (χ1) is 17.8. The Labute approximate surface area is 210 Å². The zero-order valence-corrected chi connectivity index (χ0v) is 19.9. The third-order valence-corrected chi connectivity index (χ3v) is 7.05. The minimum Gasteiger partial charge on any atom is -0.498 e. The number of benzene rings is 2. The SMILES string of the molecule is COC1=CN(c2ccc(N3CCC(C(F)(F)F)C3)cc2F)N=C(c2ccnn2-c2ccccc2)C12C=C2. The van der Waals surface area contributed by atoms with Gasteiger partial charge in [0.15, 0.2) is 5.82 Å². The quantitative estimate of drug-likeness (QED) is 0.329. The molecule has 1 unspecified atom stereocenters. The Kier molecular flexibility index (Phi) is 5.36. The zero-order valence-electron chi connectivity index (χ0n) is 19.9. The van der Waals surface area contributed by atoms with Crippen LogP contribution in [0.4, 0.5) is 28.9 Å². The maximum absolute atomic E-state index is 15.4. The Morgan fingerprint density at radius 1 is 1.03 bits per heavy atom. The number of allylic oxidation sites excluding steroid dienone is 1. The van der Waals surface area contributed by atoms with Gasteiger partial charge in [-0.05, 0) is 42.8 Å². The van der Waals surface area contributed by atoms with Crippen molar-refractivity contribution in [2.24, 2.45) is 16.4 Å². The molecule has 3 aliphatic rings. The first-order valence-corrected chi connectivity index (χ1v) is 11.9. The lowest BCUT2D eigenvalue weighted by Crippen LogP contribution is -2.33. The number of anilines is 2. The Morgan fingerprint density at radius 3 is 2.46 bits per heavy atom. The van der Waals surface area contributed by atoms with Gasteiger partial charge in [0.1, 0.15) is 22.6 Å². The fourth-order valence-electron chi connectivity index (χ4n) is 4.97. The largest absolute Gasteiger partial charge is 0.498 e. The van der Waals surface area contributed by atoms with E-state index in [1.54, 1.807) is 35.2 Å². The van der Waals surface area contributed by atoms with E-state index in [-0.39, 0.29) is 25.2 Å². The first kappa shape index (κ1) is 23.3. The number of hydrogen-bond acceptors (Lipinski definition) is 5. The smallest absolute Gasteiger partial charge is 0.393 e. The molecule has 1 atom stereocenters. The predicted octanol–water partition coefficient (Wildman–Crippen LogP) is 5.67. The molecule has 1 spiro atoms. The van der Waals surface area contributed by atoms with E-state index < -0.39 is 23.3 Å². The number of ether oxygens (including phenoxy) is 1. The zero-order chi connectivity index (χ0) is 25.8. The van der Waals surface area contributed by atoms with Gasteiger partial charge in [-0.1, -0.05) is 30.4 Å². The molecule has 1 aliphatic carbocycles. The molecule has 2 aromatic carbocycles. The summed E-state index contributed by atoms with van der Waals surface area (Å²) < 4.78 is 62.2. The van der Waals surface area contributed by atoms with Crippen LogP contribution in [0, 0.1) is 17.2 Å². The van der Waals surface area contributed by atoms with Gasteiger partial charge in [-0.3, -0.25) is 0 Å². The van der Waals surface area contributed by atoms with Crippen LogP contribution in [0.2, 0.25) is 0 Å².